The summed E-state index contributed by atoms with van der Waals surface area (Å²) in [6, 6.07) is 3.64. The molecule has 0 fully saturated rings. The van der Waals surface area contributed by atoms with E-state index < -0.39 is 17.9 Å². The first-order chi connectivity index (χ1) is 9.93. The summed E-state index contributed by atoms with van der Waals surface area (Å²) in [5.41, 5.74) is 0.237. The highest BCUT2D eigenvalue weighted by Gasteiger charge is 2.15. The Hall–Kier alpha value is -2.63. The van der Waals surface area contributed by atoms with Gasteiger partial charge < -0.3 is 15.2 Å². The summed E-state index contributed by atoms with van der Waals surface area (Å²) < 4.78 is 18.6. The van der Waals surface area contributed by atoms with Crippen molar-refractivity contribution in [3.8, 4) is 5.75 Å². The number of carbonyl (C=O) groups is 2. The van der Waals surface area contributed by atoms with Crippen molar-refractivity contribution >= 4 is 18.0 Å². The molecule has 112 valence electrons. The van der Waals surface area contributed by atoms with Crippen LogP contribution in [0.1, 0.15) is 12.5 Å². The minimum Gasteiger partial charge on any atom is -0.480 e. The second-order valence-corrected chi connectivity index (χ2v) is 4.15. The van der Waals surface area contributed by atoms with Crippen LogP contribution >= 0.6 is 0 Å². The summed E-state index contributed by atoms with van der Waals surface area (Å²) in [5, 5.41) is 11.2. The summed E-state index contributed by atoms with van der Waals surface area (Å²) in [7, 11) is 0. The zero-order valence-electron chi connectivity index (χ0n) is 11.5. The molecule has 21 heavy (non-hydrogen) atoms. The van der Waals surface area contributed by atoms with Crippen LogP contribution < -0.4 is 10.1 Å². The molecule has 1 amide bonds. The average Bonchev–Trinajstić information content (AvgIpc) is 2.44. The topological polar surface area (TPSA) is 75.6 Å². The van der Waals surface area contributed by atoms with E-state index in [1.807, 2.05) is 0 Å². The average molecular weight is 293 g/mol. The van der Waals surface area contributed by atoms with Crippen LogP contribution in [0.5, 0.6) is 5.75 Å². The van der Waals surface area contributed by atoms with Crippen molar-refractivity contribution in [3.05, 3.63) is 48.3 Å². The van der Waals surface area contributed by atoms with Gasteiger partial charge in [-0.3, -0.25) is 4.79 Å². The lowest BCUT2D eigenvalue weighted by Crippen LogP contribution is -2.36. The number of nitrogens with one attached hydrogen (secondary N) is 1. The van der Waals surface area contributed by atoms with Crippen molar-refractivity contribution in [3.63, 3.8) is 0 Å². The van der Waals surface area contributed by atoms with E-state index in [0.717, 1.165) is 12.1 Å². The molecule has 5 nitrogen and oxygen atoms in total. The summed E-state index contributed by atoms with van der Waals surface area (Å²) in [4.78, 5) is 22.2. The number of amides is 1. The number of hydrogen-bond acceptors (Lipinski definition) is 3. The predicted molar refractivity (Wildman–Crippen MR) is 76.4 cm³/mol. The van der Waals surface area contributed by atoms with Gasteiger partial charge in [0.05, 0.1) is 0 Å². The van der Waals surface area contributed by atoms with Gasteiger partial charge in [0.25, 0.3) is 5.91 Å². The van der Waals surface area contributed by atoms with Crippen molar-refractivity contribution in [2.75, 3.05) is 6.54 Å². The molecular weight excluding hydrogens is 277 g/mol. The highest BCUT2D eigenvalue weighted by Crippen LogP contribution is 2.22. The molecule has 0 bridgehead atoms. The quantitative estimate of drug-likeness (QED) is 0.595. The number of halogens is 1. The standard InChI is InChI=1S/C15H16FNO4/c1-3-8-17-15(20)10(2)21-13-6-5-12(16)9-11(13)4-7-14(18)19/h3-7,9-10H,1,8H2,2H3,(H,17,20)(H,18,19)/b7-4+. The molecule has 0 aliphatic heterocycles. The lowest BCUT2D eigenvalue weighted by atomic mass is 10.1. The second kappa shape index (κ2) is 7.84. The van der Waals surface area contributed by atoms with Crippen LogP contribution in [0.3, 0.4) is 0 Å². The van der Waals surface area contributed by atoms with Gasteiger partial charge in [0, 0.05) is 18.2 Å². The summed E-state index contributed by atoms with van der Waals surface area (Å²) in [6.45, 7) is 5.32. The van der Waals surface area contributed by atoms with Gasteiger partial charge in [0.1, 0.15) is 11.6 Å². The van der Waals surface area contributed by atoms with E-state index >= 15 is 0 Å². The number of rotatable bonds is 7. The molecule has 0 aliphatic carbocycles. The van der Waals surface area contributed by atoms with Crippen LogP contribution in [0.15, 0.2) is 36.9 Å². The highest BCUT2D eigenvalue weighted by atomic mass is 19.1. The van der Waals surface area contributed by atoms with Gasteiger partial charge in [0.2, 0.25) is 0 Å². The van der Waals surface area contributed by atoms with Crippen LogP contribution in [-0.4, -0.2) is 29.6 Å². The van der Waals surface area contributed by atoms with Crippen molar-refractivity contribution in [1.29, 1.82) is 0 Å². The molecule has 6 heteroatoms. The Morgan fingerprint density at radius 1 is 1.52 bits per heavy atom. The Morgan fingerprint density at radius 3 is 2.86 bits per heavy atom. The molecule has 1 aromatic rings. The number of aliphatic carboxylic acids is 1. The molecule has 0 heterocycles. The maximum Gasteiger partial charge on any atom is 0.328 e. The van der Waals surface area contributed by atoms with Crippen molar-refractivity contribution in [2.45, 2.75) is 13.0 Å². The van der Waals surface area contributed by atoms with Crippen LogP contribution in [-0.2, 0) is 9.59 Å². The van der Waals surface area contributed by atoms with Crippen molar-refractivity contribution < 1.29 is 23.8 Å². The Kier molecular flexibility index (Phi) is 6.13. The Morgan fingerprint density at radius 2 is 2.24 bits per heavy atom. The SMILES string of the molecule is C=CCNC(=O)C(C)Oc1ccc(F)cc1/C=C/C(=O)O. The van der Waals surface area contributed by atoms with Crippen LogP contribution in [0.25, 0.3) is 6.08 Å². The first-order valence-electron chi connectivity index (χ1n) is 6.20. The molecule has 1 rings (SSSR count). The van der Waals surface area contributed by atoms with Gasteiger partial charge in [-0.25, -0.2) is 9.18 Å². The number of benzene rings is 1. The zero-order chi connectivity index (χ0) is 15.8. The predicted octanol–water partition coefficient (Wildman–Crippen LogP) is 1.99. The van der Waals surface area contributed by atoms with Crippen molar-refractivity contribution in [2.24, 2.45) is 0 Å². The minimum absolute atomic E-state index is 0.218. The molecule has 0 aliphatic rings. The Bertz CT molecular complexity index is 569. The molecule has 1 atom stereocenters. The second-order valence-electron chi connectivity index (χ2n) is 4.15. The summed E-state index contributed by atoms with van der Waals surface area (Å²) >= 11 is 0. The van der Waals surface area contributed by atoms with Gasteiger partial charge in [-0.1, -0.05) is 6.08 Å². The van der Waals surface area contributed by atoms with E-state index in [4.69, 9.17) is 9.84 Å². The van der Waals surface area contributed by atoms with E-state index in [1.165, 1.54) is 31.2 Å². The third-order valence-corrected chi connectivity index (χ3v) is 2.47. The number of carboxylic acid groups (broad SMARTS) is 1. The Balaban J connectivity index is 2.89. The largest absolute Gasteiger partial charge is 0.480 e. The molecule has 0 spiro atoms. The fourth-order valence-electron chi connectivity index (χ4n) is 1.48. The van der Waals surface area contributed by atoms with E-state index in [-0.39, 0.29) is 17.2 Å². The zero-order valence-corrected chi connectivity index (χ0v) is 11.5. The summed E-state index contributed by atoms with van der Waals surface area (Å²) in [5.74, 6) is -1.83. The minimum atomic E-state index is -1.16. The fraction of sp³-hybridized carbons (Fsp3) is 0.200. The molecule has 1 aromatic carbocycles. The van der Waals surface area contributed by atoms with E-state index in [2.05, 4.69) is 11.9 Å². The summed E-state index contributed by atoms with van der Waals surface area (Å²) in [6.07, 6.45) is 2.79. The van der Waals surface area contributed by atoms with Gasteiger partial charge in [-0.05, 0) is 31.2 Å². The van der Waals surface area contributed by atoms with Crippen LogP contribution in [0.2, 0.25) is 0 Å². The lowest BCUT2D eigenvalue weighted by Gasteiger charge is -2.16. The number of carboxylic acids is 1. The maximum atomic E-state index is 13.2. The maximum absolute atomic E-state index is 13.2. The molecule has 0 radical (unpaired) electrons. The van der Waals surface area contributed by atoms with Crippen molar-refractivity contribution in [1.82, 2.24) is 5.32 Å². The van der Waals surface area contributed by atoms with Gasteiger partial charge >= 0.3 is 5.97 Å². The fourth-order valence-corrected chi connectivity index (χ4v) is 1.48. The molecule has 0 saturated heterocycles. The Labute approximate surface area is 121 Å². The number of ether oxygens (including phenoxy) is 1. The van der Waals surface area contributed by atoms with Gasteiger partial charge in [-0.15, -0.1) is 6.58 Å². The molecule has 0 aromatic heterocycles. The normalized spacial score (nSPS) is 11.9. The van der Waals surface area contributed by atoms with Crippen LogP contribution in [0, 0.1) is 5.82 Å². The number of hydrogen-bond donors (Lipinski definition) is 2. The van der Waals surface area contributed by atoms with Gasteiger partial charge in [0.15, 0.2) is 6.10 Å². The first-order valence-corrected chi connectivity index (χ1v) is 6.20. The van der Waals surface area contributed by atoms with Crippen LogP contribution in [0.4, 0.5) is 4.39 Å². The lowest BCUT2D eigenvalue weighted by molar-refractivity contribution is -0.131. The molecule has 1 unspecified atom stereocenters. The monoisotopic (exact) mass is 293 g/mol. The van der Waals surface area contributed by atoms with Gasteiger partial charge in [-0.2, -0.15) is 0 Å². The third-order valence-electron chi connectivity index (χ3n) is 2.47. The molecule has 2 N–H and O–H groups in total. The van der Waals surface area contributed by atoms with E-state index in [9.17, 15) is 14.0 Å². The third kappa shape index (κ3) is 5.48. The number of carbonyl (C=O) groups excluding carboxylic acids is 1. The highest BCUT2D eigenvalue weighted by molar-refractivity contribution is 5.86. The molecule has 0 saturated carbocycles. The first kappa shape index (κ1) is 16.4. The molecular formula is C15H16FNO4. The van der Waals surface area contributed by atoms with E-state index in [1.54, 1.807) is 0 Å². The van der Waals surface area contributed by atoms with E-state index in [0.29, 0.717) is 6.54 Å². The smallest absolute Gasteiger partial charge is 0.328 e.